The molecule has 1 aromatic rings. The number of halogens is 1. The number of unbranched alkanes of at least 4 members (excludes halogenated alkanes) is 3. The van der Waals surface area contributed by atoms with Gasteiger partial charge in [0.25, 0.3) is 5.91 Å². The highest BCUT2D eigenvalue weighted by molar-refractivity contribution is 7.89. The Balaban J connectivity index is 1.75. The molecule has 1 amide bonds. The quantitative estimate of drug-likeness (QED) is 0.565. The molecule has 0 unspecified atom stereocenters. The summed E-state index contributed by atoms with van der Waals surface area (Å²) >= 11 is 0. The van der Waals surface area contributed by atoms with E-state index < -0.39 is 15.8 Å². The Hall–Kier alpha value is -1.51. The molecule has 8 heteroatoms. The average molecular weight is 415 g/mol. The third kappa shape index (κ3) is 6.83. The van der Waals surface area contributed by atoms with Gasteiger partial charge in [-0.25, -0.2) is 12.8 Å². The van der Waals surface area contributed by atoms with E-state index in [4.69, 9.17) is 0 Å². The summed E-state index contributed by atoms with van der Waals surface area (Å²) in [5.41, 5.74) is 0. The van der Waals surface area contributed by atoms with Crippen LogP contribution in [0.5, 0.6) is 0 Å². The summed E-state index contributed by atoms with van der Waals surface area (Å²) < 4.78 is 39.7. The molecule has 1 aromatic carbocycles. The van der Waals surface area contributed by atoms with Crippen molar-refractivity contribution in [2.45, 2.75) is 56.9 Å². The number of nitrogens with zero attached hydrogens (tertiary/aromatic N) is 1. The first-order valence-electron chi connectivity index (χ1n) is 10.2. The lowest BCUT2D eigenvalue weighted by atomic mass is 10.1. The van der Waals surface area contributed by atoms with Crippen LogP contribution < -0.4 is 10.2 Å². The van der Waals surface area contributed by atoms with Crippen LogP contribution in [0.15, 0.2) is 29.2 Å². The van der Waals surface area contributed by atoms with Gasteiger partial charge in [0.1, 0.15) is 5.82 Å². The Bertz CT molecular complexity index is 717. The van der Waals surface area contributed by atoms with Crippen LogP contribution in [-0.2, 0) is 14.8 Å². The van der Waals surface area contributed by atoms with Crippen molar-refractivity contribution in [3.63, 3.8) is 0 Å². The SMILES string of the molecule is CCCCCC[C@@H](C)NC(=O)C[NH+]1CCN(S(=O)(=O)c2ccc(F)cc2)CC1. The molecule has 0 bridgehead atoms. The van der Waals surface area contributed by atoms with Crippen molar-refractivity contribution in [1.29, 1.82) is 0 Å². The molecule has 1 aliphatic heterocycles. The van der Waals surface area contributed by atoms with Crippen molar-refractivity contribution in [3.05, 3.63) is 30.1 Å². The fraction of sp³-hybridized carbons (Fsp3) is 0.650. The van der Waals surface area contributed by atoms with Crippen molar-refractivity contribution in [3.8, 4) is 0 Å². The van der Waals surface area contributed by atoms with E-state index in [9.17, 15) is 17.6 Å². The number of quaternary nitrogens is 1. The number of nitrogens with one attached hydrogen (secondary N) is 2. The molecular weight excluding hydrogens is 381 g/mol. The molecule has 2 N–H and O–H groups in total. The van der Waals surface area contributed by atoms with Gasteiger partial charge in [0.15, 0.2) is 6.54 Å². The number of benzene rings is 1. The minimum atomic E-state index is -3.61. The summed E-state index contributed by atoms with van der Waals surface area (Å²) in [5.74, 6) is -0.438. The Kier molecular flexibility index (Phi) is 8.85. The van der Waals surface area contributed by atoms with Crippen LogP contribution >= 0.6 is 0 Å². The molecule has 0 aliphatic carbocycles. The van der Waals surface area contributed by atoms with Gasteiger partial charge in [0.2, 0.25) is 10.0 Å². The van der Waals surface area contributed by atoms with Crippen LogP contribution in [0.1, 0.15) is 46.0 Å². The summed E-state index contributed by atoms with van der Waals surface area (Å²) in [6.45, 7) is 6.45. The molecule has 28 heavy (non-hydrogen) atoms. The van der Waals surface area contributed by atoms with Gasteiger partial charge in [-0.1, -0.05) is 32.6 Å². The van der Waals surface area contributed by atoms with Crippen LogP contribution in [0.25, 0.3) is 0 Å². The number of amides is 1. The number of hydrogen-bond donors (Lipinski definition) is 2. The summed E-state index contributed by atoms with van der Waals surface area (Å²) in [5, 5.41) is 3.05. The van der Waals surface area contributed by atoms with Crippen molar-refractivity contribution in [2.24, 2.45) is 0 Å². The van der Waals surface area contributed by atoms with Crippen LogP contribution in [0, 0.1) is 5.82 Å². The second kappa shape index (κ2) is 10.9. The molecule has 1 fully saturated rings. The molecule has 0 aromatic heterocycles. The van der Waals surface area contributed by atoms with E-state index in [1.807, 2.05) is 6.92 Å². The molecule has 2 rings (SSSR count). The Morgan fingerprint density at radius 1 is 1.18 bits per heavy atom. The summed E-state index contributed by atoms with van der Waals surface area (Å²) in [6, 6.07) is 5.06. The maximum absolute atomic E-state index is 13.0. The lowest BCUT2D eigenvalue weighted by molar-refractivity contribution is -0.895. The van der Waals surface area contributed by atoms with Crippen LogP contribution in [0.4, 0.5) is 4.39 Å². The largest absolute Gasteiger partial charge is 0.349 e. The van der Waals surface area contributed by atoms with Gasteiger partial charge in [-0.15, -0.1) is 0 Å². The molecule has 6 nitrogen and oxygen atoms in total. The lowest BCUT2D eigenvalue weighted by Crippen LogP contribution is -3.15. The van der Waals surface area contributed by atoms with E-state index in [0.29, 0.717) is 32.7 Å². The van der Waals surface area contributed by atoms with E-state index in [1.165, 1.54) is 35.7 Å². The van der Waals surface area contributed by atoms with Crippen molar-refractivity contribution in [2.75, 3.05) is 32.7 Å². The zero-order valence-electron chi connectivity index (χ0n) is 16.9. The monoisotopic (exact) mass is 414 g/mol. The molecule has 1 saturated heterocycles. The Morgan fingerprint density at radius 3 is 2.43 bits per heavy atom. The fourth-order valence-corrected chi connectivity index (χ4v) is 4.92. The maximum Gasteiger partial charge on any atom is 0.275 e. The predicted octanol–water partition coefficient (Wildman–Crippen LogP) is 1.19. The summed E-state index contributed by atoms with van der Waals surface area (Å²) in [4.78, 5) is 13.4. The molecule has 158 valence electrons. The summed E-state index contributed by atoms with van der Waals surface area (Å²) in [6.07, 6.45) is 5.75. The van der Waals surface area contributed by atoms with Crippen LogP contribution in [0.3, 0.4) is 0 Å². The van der Waals surface area contributed by atoms with Gasteiger partial charge in [-0.05, 0) is 37.6 Å². The number of piperazine rings is 1. The Morgan fingerprint density at radius 2 is 1.82 bits per heavy atom. The molecule has 0 saturated carbocycles. The molecule has 1 heterocycles. The standard InChI is InChI=1S/C20H32FN3O3S/c1-3-4-5-6-7-17(2)22-20(25)16-23-12-14-24(15-13-23)28(26,27)19-10-8-18(21)9-11-19/h8-11,17H,3-7,12-16H2,1-2H3,(H,22,25)/p+1/t17-/m1/s1. The van der Waals surface area contributed by atoms with Gasteiger partial charge in [-0.3, -0.25) is 4.79 Å². The molecule has 1 aliphatic rings. The zero-order chi connectivity index (χ0) is 20.6. The molecule has 0 radical (unpaired) electrons. The van der Waals surface area contributed by atoms with Crippen molar-refractivity contribution >= 4 is 15.9 Å². The highest BCUT2D eigenvalue weighted by atomic mass is 32.2. The van der Waals surface area contributed by atoms with E-state index in [-0.39, 0.29) is 16.8 Å². The first kappa shape index (κ1) is 22.8. The third-order valence-electron chi connectivity index (χ3n) is 5.19. The van der Waals surface area contributed by atoms with Crippen molar-refractivity contribution < 1.29 is 22.5 Å². The maximum atomic E-state index is 13.0. The predicted molar refractivity (Wildman–Crippen MR) is 107 cm³/mol. The fourth-order valence-electron chi connectivity index (χ4n) is 3.48. The zero-order valence-corrected chi connectivity index (χ0v) is 17.7. The van der Waals surface area contributed by atoms with Gasteiger partial charge >= 0.3 is 0 Å². The van der Waals surface area contributed by atoms with Gasteiger partial charge in [0, 0.05) is 6.04 Å². The highest BCUT2D eigenvalue weighted by Crippen LogP contribution is 2.16. The Labute approximate surface area is 168 Å². The highest BCUT2D eigenvalue weighted by Gasteiger charge is 2.31. The van der Waals surface area contributed by atoms with E-state index in [0.717, 1.165) is 29.9 Å². The topological polar surface area (TPSA) is 70.9 Å². The number of hydrogen-bond acceptors (Lipinski definition) is 3. The number of carbonyl (C=O) groups is 1. The van der Waals surface area contributed by atoms with Gasteiger partial charge < -0.3 is 10.2 Å². The molecule has 0 spiro atoms. The lowest BCUT2D eigenvalue weighted by Gasteiger charge is -2.31. The van der Waals surface area contributed by atoms with Gasteiger partial charge in [0.05, 0.1) is 31.1 Å². The van der Waals surface area contributed by atoms with Crippen LogP contribution in [-0.4, -0.2) is 57.4 Å². The van der Waals surface area contributed by atoms with E-state index in [2.05, 4.69) is 12.2 Å². The number of sulfonamides is 1. The first-order chi connectivity index (χ1) is 13.3. The minimum Gasteiger partial charge on any atom is -0.349 e. The average Bonchev–Trinajstić information content (AvgIpc) is 2.66. The number of rotatable bonds is 10. The minimum absolute atomic E-state index is 0.0211. The van der Waals surface area contributed by atoms with Crippen molar-refractivity contribution in [1.82, 2.24) is 9.62 Å². The number of carbonyl (C=O) groups excluding carboxylic acids is 1. The second-order valence-electron chi connectivity index (χ2n) is 7.60. The van der Waals surface area contributed by atoms with E-state index in [1.54, 1.807) is 0 Å². The second-order valence-corrected chi connectivity index (χ2v) is 9.54. The smallest absolute Gasteiger partial charge is 0.275 e. The molecular formula is C20H33FN3O3S+. The van der Waals surface area contributed by atoms with E-state index >= 15 is 0 Å². The third-order valence-corrected chi connectivity index (χ3v) is 7.10. The summed E-state index contributed by atoms with van der Waals surface area (Å²) in [7, 11) is -3.61. The molecule has 1 atom stereocenters. The van der Waals surface area contributed by atoms with Crippen LogP contribution in [0.2, 0.25) is 0 Å². The van der Waals surface area contributed by atoms with Gasteiger partial charge in [-0.2, -0.15) is 4.31 Å². The first-order valence-corrected chi connectivity index (χ1v) is 11.7. The normalized spacial score (nSPS) is 17.4.